The largest absolute Gasteiger partial charge is 0.299 e. The average molecular weight is 457 g/mol. The maximum Gasteiger partial charge on any atom is 0.299 e. The van der Waals surface area contributed by atoms with Crippen LogP contribution in [0, 0.1) is 13.8 Å². The highest BCUT2D eigenvalue weighted by Gasteiger charge is 2.20. The van der Waals surface area contributed by atoms with Crippen LogP contribution in [-0.4, -0.2) is 22.8 Å². The molecule has 2 N–H and O–H groups in total. The van der Waals surface area contributed by atoms with Gasteiger partial charge in [0, 0.05) is 5.39 Å². The number of hydrogen-bond acceptors (Lipinski definition) is 5. The summed E-state index contributed by atoms with van der Waals surface area (Å²) in [6.45, 7) is 3.51. The fourth-order valence-corrected chi connectivity index (χ4v) is 4.34. The van der Waals surface area contributed by atoms with Gasteiger partial charge in [-0.05, 0) is 43.0 Å². The van der Waals surface area contributed by atoms with Crippen molar-refractivity contribution in [3.8, 4) is 5.69 Å². The summed E-state index contributed by atoms with van der Waals surface area (Å²) in [7, 11) is -4.60. The van der Waals surface area contributed by atoms with Crippen LogP contribution in [0.1, 0.15) is 11.3 Å². The zero-order valence-corrected chi connectivity index (χ0v) is 18.1. The van der Waals surface area contributed by atoms with Crippen LogP contribution in [0.15, 0.2) is 74.5 Å². The maximum atomic E-state index is 12.9. The van der Waals surface area contributed by atoms with Crippen molar-refractivity contribution in [1.29, 1.82) is 0 Å². The van der Waals surface area contributed by atoms with Gasteiger partial charge in [-0.2, -0.15) is 8.42 Å². The standard InChI is InChI=1S/C21H17ClN4O4S/c1-12-7-9-16(22)18(11-12)26-21(27)19(13(2)25-26)24-23-17-10-8-14-5-3-4-6-15(14)20(17)31(28,29)30/h3-11,25H,1-2H3,(H,28,29,30). The molecule has 0 radical (unpaired) electrons. The molecule has 0 aliphatic rings. The van der Waals surface area contributed by atoms with Gasteiger partial charge in [0.1, 0.15) is 10.6 Å². The number of aromatic amines is 1. The van der Waals surface area contributed by atoms with E-state index in [2.05, 4.69) is 15.3 Å². The van der Waals surface area contributed by atoms with E-state index in [9.17, 15) is 17.8 Å². The van der Waals surface area contributed by atoms with Crippen molar-refractivity contribution in [3.05, 3.63) is 81.2 Å². The van der Waals surface area contributed by atoms with E-state index in [0.29, 0.717) is 27.2 Å². The molecule has 4 aromatic rings. The number of azo groups is 1. The lowest BCUT2D eigenvalue weighted by Crippen LogP contribution is -2.14. The predicted molar refractivity (Wildman–Crippen MR) is 119 cm³/mol. The molecule has 0 saturated carbocycles. The van der Waals surface area contributed by atoms with Crippen molar-refractivity contribution >= 4 is 43.9 Å². The molecule has 0 aliphatic heterocycles. The Morgan fingerprint density at radius 3 is 2.52 bits per heavy atom. The van der Waals surface area contributed by atoms with Crippen LogP contribution in [0.25, 0.3) is 16.5 Å². The molecule has 8 nitrogen and oxygen atoms in total. The molecule has 0 fully saturated rings. The van der Waals surface area contributed by atoms with Crippen LogP contribution in [0.5, 0.6) is 0 Å². The van der Waals surface area contributed by atoms with Gasteiger partial charge in [0.2, 0.25) is 0 Å². The molecule has 31 heavy (non-hydrogen) atoms. The first kappa shape index (κ1) is 21.0. The third-order valence-electron chi connectivity index (χ3n) is 4.76. The zero-order valence-electron chi connectivity index (χ0n) is 16.5. The Hall–Kier alpha value is -3.27. The lowest BCUT2D eigenvalue weighted by molar-refractivity contribution is 0.484. The van der Waals surface area contributed by atoms with Crippen molar-refractivity contribution in [2.24, 2.45) is 10.2 Å². The van der Waals surface area contributed by atoms with Crippen molar-refractivity contribution in [3.63, 3.8) is 0 Å². The first-order valence-electron chi connectivity index (χ1n) is 9.16. The molecule has 0 aliphatic carbocycles. The molecule has 3 aromatic carbocycles. The van der Waals surface area contributed by atoms with Gasteiger partial charge in [0.05, 0.1) is 16.4 Å². The van der Waals surface area contributed by atoms with Crippen molar-refractivity contribution in [2.45, 2.75) is 18.7 Å². The van der Waals surface area contributed by atoms with E-state index in [4.69, 9.17) is 11.6 Å². The van der Waals surface area contributed by atoms with E-state index >= 15 is 0 Å². The second-order valence-corrected chi connectivity index (χ2v) is 8.76. The summed E-state index contributed by atoms with van der Waals surface area (Å²) in [5.41, 5.74) is 1.20. The molecule has 0 unspecified atom stereocenters. The van der Waals surface area contributed by atoms with Crippen LogP contribution in [0.4, 0.5) is 11.4 Å². The van der Waals surface area contributed by atoms with E-state index in [-0.39, 0.29) is 16.3 Å². The highest BCUT2D eigenvalue weighted by Crippen LogP contribution is 2.33. The first-order chi connectivity index (χ1) is 14.7. The Bertz CT molecular complexity index is 1520. The highest BCUT2D eigenvalue weighted by atomic mass is 35.5. The summed E-state index contributed by atoms with van der Waals surface area (Å²) in [5, 5.41) is 12.2. The number of H-pyrrole nitrogens is 1. The number of benzene rings is 3. The second kappa shape index (κ2) is 7.77. The van der Waals surface area contributed by atoms with Crippen molar-refractivity contribution in [2.75, 3.05) is 0 Å². The van der Waals surface area contributed by atoms with E-state index in [1.54, 1.807) is 49.4 Å². The second-order valence-electron chi connectivity index (χ2n) is 6.99. The van der Waals surface area contributed by atoms with Crippen molar-refractivity contribution < 1.29 is 13.0 Å². The number of aromatic nitrogens is 2. The van der Waals surface area contributed by atoms with Gasteiger partial charge in [-0.1, -0.05) is 48.0 Å². The fourth-order valence-electron chi connectivity index (χ4n) is 3.30. The van der Waals surface area contributed by atoms with Gasteiger partial charge in [0.25, 0.3) is 15.7 Å². The van der Waals surface area contributed by atoms with Crippen LogP contribution in [-0.2, 0) is 10.1 Å². The fraction of sp³-hybridized carbons (Fsp3) is 0.0952. The minimum absolute atomic E-state index is 0.00739. The lowest BCUT2D eigenvalue weighted by Gasteiger charge is -2.06. The molecule has 158 valence electrons. The molecule has 0 spiro atoms. The summed E-state index contributed by atoms with van der Waals surface area (Å²) in [6.07, 6.45) is 0. The number of nitrogens with zero attached hydrogens (tertiary/aromatic N) is 3. The third-order valence-corrected chi connectivity index (χ3v) is 6.02. The van der Waals surface area contributed by atoms with Gasteiger partial charge in [-0.25, -0.2) is 4.68 Å². The normalized spacial score (nSPS) is 12.1. The Labute approximate surface area is 182 Å². The number of rotatable bonds is 4. The van der Waals surface area contributed by atoms with Gasteiger partial charge >= 0.3 is 0 Å². The van der Waals surface area contributed by atoms with E-state index in [1.165, 1.54) is 10.7 Å². The Kier molecular flexibility index (Phi) is 5.26. The zero-order chi connectivity index (χ0) is 22.3. The number of halogens is 1. The molecule has 1 aromatic heterocycles. The topological polar surface area (TPSA) is 117 Å². The predicted octanol–water partition coefficient (Wildman–Crippen LogP) is 5.25. The van der Waals surface area contributed by atoms with Gasteiger partial charge in [0.15, 0.2) is 5.69 Å². The quantitative estimate of drug-likeness (QED) is 0.322. The lowest BCUT2D eigenvalue weighted by atomic mass is 10.1. The molecule has 0 saturated heterocycles. The monoisotopic (exact) mass is 456 g/mol. The van der Waals surface area contributed by atoms with Crippen LogP contribution in [0.2, 0.25) is 5.02 Å². The molecule has 4 rings (SSSR count). The summed E-state index contributed by atoms with van der Waals surface area (Å²) in [4.78, 5) is 12.6. The summed E-state index contributed by atoms with van der Waals surface area (Å²) >= 11 is 6.24. The molecule has 0 amide bonds. The van der Waals surface area contributed by atoms with Crippen LogP contribution < -0.4 is 5.56 Å². The van der Waals surface area contributed by atoms with E-state index < -0.39 is 15.7 Å². The number of nitrogens with one attached hydrogen (secondary N) is 1. The van der Waals surface area contributed by atoms with E-state index in [0.717, 1.165) is 5.56 Å². The van der Waals surface area contributed by atoms with E-state index in [1.807, 2.05) is 13.0 Å². The minimum atomic E-state index is -4.60. The smallest absolute Gasteiger partial charge is 0.293 e. The van der Waals surface area contributed by atoms with Crippen LogP contribution in [0.3, 0.4) is 0 Å². The molecule has 1 heterocycles. The summed E-state index contributed by atoms with van der Waals surface area (Å²) < 4.78 is 35.1. The molecular weight excluding hydrogens is 440 g/mol. The number of hydrogen-bond donors (Lipinski definition) is 2. The molecule has 0 bridgehead atoms. The number of fused-ring (bicyclic) bond motifs is 1. The number of aryl methyl sites for hydroxylation is 2. The highest BCUT2D eigenvalue weighted by molar-refractivity contribution is 7.86. The van der Waals surface area contributed by atoms with Crippen LogP contribution >= 0.6 is 11.6 Å². The minimum Gasteiger partial charge on any atom is -0.293 e. The van der Waals surface area contributed by atoms with Gasteiger partial charge < -0.3 is 0 Å². The molecule has 0 atom stereocenters. The Morgan fingerprint density at radius 2 is 1.77 bits per heavy atom. The third kappa shape index (κ3) is 3.90. The Balaban J connectivity index is 1.86. The summed E-state index contributed by atoms with van der Waals surface area (Å²) in [6, 6.07) is 15.0. The SMILES string of the molecule is Cc1ccc(Cl)c(-n2[nH]c(C)c(N=Nc3ccc4ccccc4c3S(=O)(=O)O)c2=O)c1. The van der Waals surface area contributed by atoms with Gasteiger partial charge in [-0.3, -0.25) is 14.4 Å². The molecular formula is C21H17ClN4O4S. The molecule has 10 heteroatoms. The van der Waals surface area contributed by atoms with Crippen molar-refractivity contribution in [1.82, 2.24) is 9.78 Å². The first-order valence-corrected chi connectivity index (χ1v) is 11.0. The average Bonchev–Trinajstić information content (AvgIpc) is 3.00. The maximum absolute atomic E-state index is 12.9. The Morgan fingerprint density at radius 1 is 1.03 bits per heavy atom. The van der Waals surface area contributed by atoms with Gasteiger partial charge in [-0.15, -0.1) is 10.2 Å². The summed E-state index contributed by atoms with van der Waals surface area (Å²) in [5.74, 6) is 0.